The Morgan fingerprint density at radius 1 is 1.26 bits per heavy atom. The molecule has 1 aliphatic rings. The fourth-order valence-electron chi connectivity index (χ4n) is 3.70. The van der Waals surface area contributed by atoms with Crippen molar-refractivity contribution in [3.05, 3.63) is 30.2 Å². The maximum atomic E-state index is 13.8. The van der Waals surface area contributed by atoms with E-state index < -0.39 is 11.9 Å². The Balaban J connectivity index is 1.90. The minimum Gasteiger partial charge on any atom is -0.381 e. The molecule has 1 aliphatic heterocycles. The van der Waals surface area contributed by atoms with Gasteiger partial charge in [0.05, 0.1) is 23.4 Å². The Kier molecular flexibility index (Phi) is 4.29. The Hall–Kier alpha value is -2.62. The highest BCUT2D eigenvalue weighted by Crippen LogP contribution is 2.40. The summed E-state index contributed by atoms with van der Waals surface area (Å²) in [6.45, 7) is 2.59. The highest BCUT2D eigenvalue weighted by Gasteiger charge is 2.40. The van der Waals surface area contributed by atoms with Crippen LogP contribution in [0.4, 0.5) is 18.9 Å². The number of H-pyrrole nitrogens is 1. The number of hydrogen-bond donors (Lipinski definition) is 1. The number of piperidine rings is 1. The standard InChI is InChI=1S/C17H19F3N6O/c1-10-9-11(27-2)5-8-25(10)12-3-6-21-16-14(12)15(17(18,19)20)24-26(16)13-4-7-22-23-13/h3-4,6-7,10-11H,5,8-9H2,1-2H3,(H,22,23)/t10-,11?/m1/s1. The molecular formula is C17H19F3N6O. The van der Waals surface area contributed by atoms with E-state index in [1.807, 2.05) is 11.8 Å². The predicted octanol–water partition coefficient (Wildman–Crippen LogP) is 3.17. The topological polar surface area (TPSA) is 71.9 Å². The highest BCUT2D eigenvalue weighted by molar-refractivity contribution is 5.93. The van der Waals surface area contributed by atoms with Crippen LogP contribution in [-0.2, 0) is 10.9 Å². The first kappa shape index (κ1) is 17.8. The molecule has 0 radical (unpaired) electrons. The van der Waals surface area contributed by atoms with Crippen molar-refractivity contribution >= 4 is 16.7 Å². The molecule has 10 heteroatoms. The second-order valence-electron chi connectivity index (χ2n) is 6.65. The normalized spacial score (nSPS) is 21.1. The number of nitrogens with zero attached hydrogens (tertiary/aromatic N) is 5. The van der Waals surface area contributed by atoms with E-state index >= 15 is 0 Å². The number of aromatic amines is 1. The van der Waals surface area contributed by atoms with Crippen molar-refractivity contribution in [2.75, 3.05) is 18.6 Å². The summed E-state index contributed by atoms with van der Waals surface area (Å²) < 4.78 is 47.9. The third kappa shape index (κ3) is 3.03. The van der Waals surface area contributed by atoms with Crippen molar-refractivity contribution in [1.29, 1.82) is 0 Å². The number of hydrogen-bond acceptors (Lipinski definition) is 5. The van der Waals surface area contributed by atoms with Gasteiger partial charge in [-0.15, -0.1) is 0 Å². The van der Waals surface area contributed by atoms with Crippen LogP contribution in [0, 0.1) is 0 Å². The van der Waals surface area contributed by atoms with Gasteiger partial charge in [0, 0.05) is 32.0 Å². The number of rotatable bonds is 3. The highest BCUT2D eigenvalue weighted by atomic mass is 19.4. The molecule has 7 nitrogen and oxygen atoms in total. The van der Waals surface area contributed by atoms with Crippen molar-refractivity contribution < 1.29 is 17.9 Å². The van der Waals surface area contributed by atoms with E-state index in [2.05, 4.69) is 20.3 Å². The molecule has 0 saturated carbocycles. The first-order valence-electron chi connectivity index (χ1n) is 8.64. The molecule has 0 spiro atoms. The van der Waals surface area contributed by atoms with Gasteiger partial charge in [0.1, 0.15) is 0 Å². The summed E-state index contributed by atoms with van der Waals surface area (Å²) in [5, 5.41) is 10.3. The summed E-state index contributed by atoms with van der Waals surface area (Å²) in [4.78, 5) is 6.16. The molecular weight excluding hydrogens is 361 g/mol. The molecule has 1 fully saturated rings. The van der Waals surface area contributed by atoms with Crippen molar-refractivity contribution in [3.63, 3.8) is 0 Å². The number of nitrogens with one attached hydrogen (secondary N) is 1. The molecule has 2 atom stereocenters. The Morgan fingerprint density at radius 2 is 2.07 bits per heavy atom. The van der Waals surface area contributed by atoms with Gasteiger partial charge in [-0.3, -0.25) is 5.10 Å². The second-order valence-corrected chi connectivity index (χ2v) is 6.65. The number of methoxy groups -OCH3 is 1. The van der Waals surface area contributed by atoms with Crippen LogP contribution in [-0.4, -0.2) is 50.8 Å². The molecule has 1 saturated heterocycles. The van der Waals surface area contributed by atoms with Gasteiger partial charge in [-0.1, -0.05) is 0 Å². The van der Waals surface area contributed by atoms with Crippen molar-refractivity contribution in [2.24, 2.45) is 0 Å². The van der Waals surface area contributed by atoms with Crippen LogP contribution in [0.5, 0.6) is 0 Å². The zero-order chi connectivity index (χ0) is 19.2. The smallest absolute Gasteiger partial charge is 0.381 e. The predicted molar refractivity (Wildman–Crippen MR) is 92.9 cm³/mol. The van der Waals surface area contributed by atoms with Crippen LogP contribution in [0.3, 0.4) is 0 Å². The lowest BCUT2D eigenvalue weighted by Crippen LogP contribution is -2.43. The lowest BCUT2D eigenvalue weighted by molar-refractivity contribution is -0.140. The van der Waals surface area contributed by atoms with Gasteiger partial charge in [-0.05, 0) is 25.8 Å². The largest absolute Gasteiger partial charge is 0.435 e. The third-order valence-electron chi connectivity index (χ3n) is 5.00. The maximum Gasteiger partial charge on any atom is 0.435 e. The SMILES string of the molecule is COC1CCN(c2ccnc3c2c(C(F)(F)F)nn3-c2ccn[nH]2)[C@H](C)C1. The average molecular weight is 380 g/mol. The first-order valence-corrected chi connectivity index (χ1v) is 8.64. The van der Waals surface area contributed by atoms with E-state index in [0.717, 1.165) is 17.5 Å². The molecule has 27 heavy (non-hydrogen) atoms. The van der Waals surface area contributed by atoms with Gasteiger partial charge in [0.25, 0.3) is 0 Å². The minimum atomic E-state index is -4.60. The number of pyridine rings is 1. The van der Waals surface area contributed by atoms with Gasteiger partial charge >= 0.3 is 6.18 Å². The molecule has 0 amide bonds. The maximum absolute atomic E-state index is 13.8. The molecule has 3 aromatic heterocycles. The van der Waals surface area contributed by atoms with Crippen LogP contribution < -0.4 is 4.90 Å². The zero-order valence-electron chi connectivity index (χ0n) is 14.9. The van der Waals surface area contributed by atoms with E-state index in [0.29, 0.717) is 18.1 Å². The quantitative estimate of drug-likeness (QED) is 0.756. The number of anilines is 1. The molecule has 144 valence electrons. The Morgan fingerprint density at radius 3 is 2.70 bits per heavy atom. The summed E-state index contributed by atoms with van der Waals surface area (Å²) in [6, 6.07) is 3.21. The molecule has 1 unspecified atom stereocenters. The van der Waals surface area contributed by atoms with Gasteiger partial charge in [0.15, 0.2) is 17.2 Å². The van der Waals surface area contributed by atoms with Crippen molar-refractivity contribution in [3.8, 4) is 5.82 Å². The van der Waals surface area contributed by atoms with Crippen LogP contribution in [0.25, 0.3) is 16.9 Å². The molecule has 4 rings (SSSR count). The summed E-state index contributed by atoms with van der Waals surface area (Å²) in [7, 11) is 1.66. The van der Waals surface area contributed by atoms with Gasteiger partial charge in [-0.2, -0.15) is 28.1 Å². The summed E-state index contributed by atoms with van der Waals surface area (Å²) in [5.74, 6) is 0.325. The average Bonchev–Trinajstić information content (AvgIpc) is 3.28. The van der Waals surface area contributed by atoms with E-state index in [-0.39, 0.29) is 23.2 Å². The monoisotopic (exact) mass is 380 g/mol. The molecule has 3 aromatic rings. The number of alkyl halides is 3. The van der Waals surface area contributed by atoms with E-state index in [1.54, 1.807) is 19.2 Å². The number of aromatic nitrogens is 5. The fourth-order valence-corrected chi connectivity index (χ4v) is 3.70. The molecule has 0 aliphatic carbocycles. The first-order chi connectivity index (χ1) is 12.9. The van der Waals surface area contributed by atoms with Gasteiger partial charge in [0.2, 0.25) is 0 Å². The van der Waals surface area contributed by atoms with Crippen LogP contribution >= 0.6 is 0 Å². The molecule has 0 aromatic carbocycles. The Labute approximate surface area is 153 Å². The minimum absolute atomic E-state index is 0.00215. The molecule has 4 heterocycles. The van der Waals surface area contributed by atoms with Crippen LogP contribution in [0.2, 0.25) is 0 Å². The van der Waals surface area contributed by atoms with Crippen molar-refractivity contribution in [2.45, 2.75) is 38.1 Å². The summed E-state index contributed by atoms with van der Waals surface area (Å²) in [5.41, 5.74) is -0.318. The third-order valence-corrected chi connectivity index (χ3v) is 5.00. The van der Waals surface area contributed by atoms with E-state index in [9.17, 15) is 13.2 Å². The summed E-state index contributed by atoms with van der Waals surface area (Å²) in [6.07, 6.45) is -0.0192. The van der Waals surface area contributed by atoms with Gasteiger partial charge in [-0.25, -0.2) is 4.98 Å². The summed E-state index contributed by atoms with van der Waals surface area (Å²) >= 11 is 0. The lowest BCUT2D eigenvalue weighted by atomic mass is 9.99. The molecule has 0 bridgehead atoms. The van der Waals surface area contributed by atoms with E-state index in [1.165, 1.54) is 12.4 Å². The molecule has 1 N–H and O–H groups in total. The van der Waals surface area contributed by atoms with Crippen molar-refractivity contribution in [1.82, 2.24) is 25.0 Å². The Bertz CT molecular complexity index is 936. The zero-order valence-corrected chi connectivity index (χ0v) is 14.9. The number of fused-ring (bicyclic) bond motifs is 1. The van der Waals surface area contributed by atoms with Gasteiger partial charge < -0.3 is 9.64 Å². The number of ether oxygens (including phenoxy) is 1. The van der Waals surface area contributed by atoms with Crippen LogP contribution in [0.15, 0.2) is 24.5 Å². The second kappa shape index (κ2) is 6.52. The van der Waals surface area contributed by atoms with E-state index in [4.69, 9.17) is 4.74 Å². The van der Waals surface area contributed by atoms with Crippen LogP contribution in [0.1, 0.15) is 25.5 Å². The number of halogens is 3. The fraction of sp³-hybridized carbons (Fsp3) is 0.471. The lowest BCUT2D eigenvalue weighted by Gasteiger charge is -2.39.